The van der Waals surface area contributed by atoms with Crippen LogP contribution in [0.25, 0.3) is 5.69 Å². The van der Waals surface area contributed by atoms with E-state index in [2.05, 4.69) is 10.6 Å². The minimum Gasteiger partial charge on any atom is -0.482 e. The molecule has 1 aliphatic heterocycles. The van der Waals surface area contributed by atoms with Crippen LogP contribution in [0.2, 0.25) is 0 Å². The molecule has 2 aromatic carbocycles. The number of benzene rings is 2. The molecule has 0 aliphatic carbocycles. The van der Waals surface area contributed by atoms with Crippen LogP contribution >= 0.6 is 0 Å². The number of anilines is 2. The number of carbonyl (C=O) groups is 2. The van der Waals surface area contributed by atoms with Crippen molar-refractivity contribution in [3.63, 3.8) is 0 Å². The molecule has 0 atom stereocenters. The summed E-state index contributed by atoms with van der Waals surface area (Å²) in [4.78, 5) is 24.1. The Morgan fingerprint density at radius 3 is 2.77 bits per heavy atom. The van der Waals surface area contributed by atoms with E-state index < -0.39 is 0 Å². The van der Waals surface area contributed by atoms with Crippen LogP contribution in [0.5, 0.6) is 5.75 Å². The largest absolute Gasteiger partial charge is 0.482 e. The number of carbonyl (C=O) groups excluding carboxylic acids is 2. The fraction of sp³-hybridized carbons (Fsp3) is 0.100. The van der Waals surface area contributed by atoms with E-state index in [1.807, 2.05) is 48.1 Å². The monoisotopic (exact) mass is 347 g/mol. The third kappa shape index (κ3) is 3.04. The molecule has 4 rings (SSSR count). The van der Waals surface area contributed by atoms with Gasteiger partial charge in [-0.3, -0.25) is 9.59 Å². The molecule has 1 aliphatic rings. The minimum absolute atomic E-state index is 0.00421. The highest BCUT2D eigenvalue weighted by Crippen LogP contribution is 2.30. The van der Waals surface area contributed by atoms with E-state index in [4.69, 9.17) is 4.74 Å². The first-order valence-corrected chi connectivity index (χ1v) is 8.22. The maximum atomic E-state index is 12.6. The normalized spacial score (nSPS) is 12.7. The highest BCUT2D eigenvalue weighted by atomic mass is 16.5. The van der Waals surface area contributed by atoms with Gasteiger partial charge in [-0.2, -0.15) is 0 Å². The van der Waals surface area contributed by atoms with Crippen molar-refractivity contribution in [2.75, 3.05) is 17.2 Å². The summed E-state index contributed by atoms with van der Waals surface area (Å²) in [6.45, 7) is 2.01. The molecule has 0 fully saturated rings. The fourth-order valence-corrected chi connectivity index (χ4v) is 2.89. The summed E-state index contributed by atoms with van der Waals surface area (Å²) in [7, 11) is 0. The second-order valence-corrected chi connectivity index (χ2v) is 6.09. The third-order valence-electron chi connectivity index (χ3n) is 4.22. The lowest BCUT2D eigenvalue weighted by atomic mass is 10.1. The Kier molecular flexibility index (Phi) is 3.93. The van der Waals surface area contributed by atoms with Crippen molar-refractivity contribution < 1.29 is 14.3 Å². The molecule has 0 saturated heterocycles. The van der Waals surface area contributed by atoms with Gasteiger partial charge in [0.15, 0.2) is 6.61 Å². The standard InChI is InChI=1S/C20H17N3O3/c1-13-4-5-14(10-17(13)23-8-2-3-9-23)20(25)21-15-6-7-18-16(11-15)22-19(24)12-26-18/h2-11H,12H2,1H3,(H,21,25)(H,22,24). The average molecular weight is 347 g/mol. The Bertz CT molecular complexity index is 994. The van der Waals surface area contributed by atoms with E-state index in [1.165, 1.54) is 0 Å². The maximum absolute atomic E-state index is 12.6. The Morgan fingerprint density at radius 1 is 1.15 bits per heavy atom. The second kappa shape index (κ2) is 6.40. The Balaban J connectivity index is 1.58. The summed E-state index contributed by atoms with van der Waals surface area (Å²) in [6, 6.07) is 14.6. The Labute approximate surface area is 150 Å². The van der Waals surface area contributed by atoms with Crippen molar-refractivity contribution in [2.24, 2.45) is 0 Å². The number of aryl methyl sites for hydroxylation is 1. The number of hydrogen-bond donors (Lipinski definition) is 2. The fourth-order valence-electron chi connectivity index (χ4n) is 2.89. The smallest absolute Gasteiger partial charge is 0.262 e. The van der Waals surface area contributed by atoms with Gasteiger partial charge >= 0.3 is 0 Å². The first-order chi connectivity index (χ1) is 12.6. The molecule has 6 nitrogen and oxygen atoms in total. The zero-order valence-corrected chi connectivity index (χ0v) is 14.2. The molecule has 2 heterocycles. The zero-order valence-electron chi connectivity index (χ0n) is 14.2. The van der Waals surface area contributed by atoms with E-state index >= 15 is 0 Å². The van der Waals surface area contributed by atoms with E-state index in [-0.39, 0.29) is 18.4 Å². The van der Waals surface area contributed by atoms with Crippen LogP contribution in [-0.2, 0) is 4.79 Å². The summed E-state index contributed by atoms with van der Waals surface area (Å²) in [5.74, 6) is 0.158. The van der Waals surface area contributed by atoms with E-state index in [1.54, 1.807) is 24.3 Å². The van der Waals surface area contributed by atoms with Gasteiger partial charge in [0.2, 0.25) is 0 Å². The molecule has 6 heteroatoms. The van der Waals surface area contributed by atoms with Gasteiger partial charge in [0, 0.05) is 29.3 Å². The lowest BCUT2D eigenvalue weighted by molar-refractivity contribution is -0.118. The quantitative estimate of drug-likeness (QED) is 0.763. The summed E-state index contributed by atoms with van der Waals surface area (Å²) in [5.41, 5.74) is 3.72. The van der Waals surface area contributed by atoms with Crippen LogP contribution in [0.3, 0.4) is 0 Å². The SMILES string of the molecule is Cc1ccc(C(=O)Nc2ccc3c(c2)NC(=O)CO3)cc1-n1cccc1. The third-order valence-corrected chi connectivity index (χ3v) is 4.22. The van der Waals surface area contributed by atoms with Crippen molar-refractivity contribution in [1.82, 2.24) is 4.57 Å². The molecule has 0 bridgehead atoms. The number of ether oxygens (including phenoxy) is 1. The molecule has 26 heavy (non-hydrogen) atoms. The summed E-state index contributed by atoms with van der Waals surface area (Å²) < 4.78 is 7.29. The highest BCUT2D eigenvalue weighted by Gasteiger charge is 2.17. The van der Waals surface area contributed by atoms with Gasteiger partial charge in [0.25, 0.3) is 11.8 Å². The molecule has 130 valence electrons. The number of nitrogens with one attached hydrogen (secondary N) is 2. The van der Waals surface area contributed by atoms with Crippen molar-refractivity contribution >= 4 is 23.2 Å². The van der Waals surface area contributed by atoms with Crippen molar-refractivity contribution in [2.45, 2.75) is 6.92 Å². The van der Waals surface area contributed by atoms with Crippen molar-refractivity contribution in [1.29, 1.82) is 0 Å². The lowest BCUT2D eigenvalue weighted by Gasteiger charge is -2.18. The van der Waals surface area contributed by atoms with Crippen molar-refractivity contribution in [3.05, 3.63) is 72.1 Å². The number of amides is 2. The molecule has 0 saturated carbocycles. The van der Waals surface area contributed by atoms with Gasteiger partial charge in [-0.25, -0.2) is 0 Å². The lowest BCUT2D eigenvalue weighted by Crippen LogP contribution is -2.25. The van der Waals surface area contributed by atoms with Crippen LogP contribution < -0.4 is 15.4 Å². The van der Waals surface area contributed by atoms with Gasteiger partial charge in [0.1, 0.15) is 5.75 Å². The topological polar surface area (TPSA) is 72.4 Å². The molecule has 1 aromatic heterocycles. The number of hydrogen-bond acceptors (Lipinski definition) is 3. The van der Waals surface area contributed by atoms with Crippen LogP contribution in [0.1, 0.15) is 15.9 Å². The van der Waals surface area contributed by atoms with Crippen LogP contribution in [0, 0.1) is 6.92 Å². The van der Waals surface area contributed by atoms with Crippen LogP contribution in [0.15, 0.2) is 60.9 Å². The maximum Gasteiger partial charge on any atom is 0.262 e. The molecular formula is C20H17N3O3. The molecular weight excluding hydrogens is 330 g/mol. The molecule has 0 radical (unpaired) electrons. The van der Waals surface area contributed by atoms with Crippen molar-refractivity contribution in [3.8, 4) is 11.4 Å². The number of fused-ring (bicyclic) bond motifs is 1. The van der Waals surface area contributed by atoms with Gasteiger partial charge in [0.05, 0.1) is 5.69 Å². The zero-order chi connectivity index (χ0) is 18.1. The Hall–Kier alpha value is -3.54. The number of aromatic nitrogens is 1. The highest BCUT2D eigenvalue weighted by molar-refractivity contribution is 6.05. The molecule has 3 aromatic rings. The van der Waals surface area contributed by atoms with E-state index in [0.717, 1.165) is 11.3 Å². The van der Waals surface area contributed by atoms with E-state index in [0.29, 0.717) is 22.7 Å². The molecule has 2 amide bonds. The summed E-state index contributed by atoms with van der Waals surface area (Å²) in [6.07, 6.45) is 3.88. The molecule has 2 N–H and O–H groups in total. The predicted molar refractivity (Wildman–Crippen MR) is 99.0 cm³/mol. The van der Waals surface area contributed by atoms with Gasteiger partial charge in [-0.1, -0.05) is 6.07 Å². The molecule has 0 unspecified atom stereocenters. The van der Waals surface area contributed by atoms with E-state index in [9.17, 15) is 9.59 Å². The summed E-state index contributed by atoms with van der Waals surface area (Å²) in [5, 5.41) is 5.59. The van der Waals surface area contributed by atoms with Gasteiger partial charge < -0.3 is 19.9 Å². The molecule has 0 spiro atoms. The van der Waals surface area contributed by atoms with Crippen LogP contribution in [0.4, 0.5) is 11.4 Å². The first-order valence-electron chi connectivity index (χ1n) is 8.22. The predicted octanol–water partition coefficient (Wildman–Crippen LogP) is 3.37. The first kappa shape index (κ1) is 16.0. The average Bonchev–Trinajstić information content (AvgIpc) is 3.16. The summed E-state index contributed by atoms with van der Waals surface area (Å²) >= 11 is 0. The Morgan fingerprint density at radius 2 is 1.96 bits per heavy atom. The van der Waals surface area contributed by atoms with Gasteiger partial charge in [-0.15, -0.1) is 0 Å². The number of rotatable bonds is 3. The minimum atomic E-state index is -0.221. The second-order valence-electron chi connectivity index (χ2n) is 6.09. The van der Waals surface area contributed by atoms with Crippen LogP contribution in [-0.4, -0.2) is 23.0 Å². The van der Waals surface area contributed by atoms with Gasteiger partial charge in [-0.05, 0) is 55.0 Å². The number of nitrogens with zero attached hydrogens (tertiary/aromatic N) is 1.